The van der Waals surface area contributed by atoms with E-state index in [4.69, 9.17) is 5.73 Å². The third-order valence-corrected chi connectivity index (χ3v) is 3.21. The van der Waals surface area contributed by atoms with E-state index in [1.54, 1.807) is 4.90 Å². The van der Waals surface area contributed by atoms with Crippen LogP contribution in [0.4, 0.5) is 4.79 Å². The molecule has 0 bridgehead atoms. The molecule has 0 aromatic heterocycles. The van der Waals surface area contributed by atoms with Gasteiger partial charge in [-0.1, -0.05) is 0 Å². The van der Waals surface area contributed by atoms with Crippen molar-refractivity contribution >= 4 is 11.9 Å². The Bertz CT molecular complexity index is 295. The van der Waals surface area contributed by atoms with Gasteiger partial charge in [-0.15, -0.1) is 0 Å². The van der Waals surface area contributed by atoms with Crippen molar-refractivity contribution in [3.8, 4) is 0 Å². The molecule has 3 amide bonds. The highest BCUT2D eigenvalue weighted by molar-refractivity contribution is 5.79. The van der Waals surface area contributed by atoms with Gasteiger partial charge in [0.25, 0.3) is 0 Å². The zero-order valence-corrected chi connectivity index (χ0v) is 9.32. The number of nitrogens with one attached hydrogen (secondary N) is 1. The molecule has 0 aromatic rings. The van der Waals surface area contributed by atoms with Crippen molar-refractivity contribution in [1.82, 2.24) is 15.1 Å². The van der Waals surface area contributed by atoms with Crippen LogP contribution in [0.5, 0.6) is 0 Å². The average molecular weight is 226 g/mol. The highest BCUT2D eigenvalue weighted by Crippen LogP contribution is 2.16. The number of carbonyl (C=O) groups is 2. The van der Waals surface area contributed by atoms with Crippen molar-refractivity contribution in [2.24, 2.45) is 11.7 Å². The van der Waals surface area contributed by atoms with E-state index in [0.29, 0.717) is 38.5 Å². The molecule has 2 aliphatic heterocycles. The Balaban J connectivity index is 1.77. The van der Waals surface area contributed by atoms with Crippen molar-refractivity contribution in [1.29, 1.82) is 0 Å². The number of amides is 3. The number of nitrogens with two attached hydrogens (primary N) is 1. The molecular formula is C10H18N4O2. The molecule has 2 heterocycles. The van der Waals surface area contributed by atoms with Gasteiger partial charge in [-0.05, 0) is 12.5 Å². The minimum atomic E-state index is -0.0259. The molecule has 90 valence electrons. The monoisotopic (exact) mass is 226 g/mol. The van der Waals surface area contributed by atoms with Gasteiger partial charge in [0.05, 0.1) is 0 Å². The predicted molar refractivity (Wildman–Crippen MR) is 58.7 cm³/mol. The zero-order valence-electron chi connectivity index (χ0n) is 9.32. The van der Waals surface area contributed by atoms with Gasteiger partial charge >= 0.3 is 6.03 Å². The lowest BCUT2D eigenvalue weighted by molar-refractivity contribution is -0.127. The normalized spacial score (nSPS) is 25.4. The van der Waals surface area contributed by atoms with Crippen LogP contribution in [0.3, 0.4) is 0 Å². The molecule has 0 radical (unpaired) electrons. The number of rotatable bonds is 4. The van der Waals surface area contributed by atoms with E-state index in [1.807, 2.05) is 4.90 Å². The summed E-state index contributed by atoms with van der Waals surface area (Å²) >= 11 is 0. The summed E-state index contributed by atoms with van der Waals surface area (Å²) in [6.07, 6.45) is 0.558. The van der Waals surface area contributed by atoms with E-state index in [-0.39, 0.29) is 11.9 Å². The van der Waals surface area contributed by atoms with Gasteiger partial charge in [-0.2, -0.15) is 0 Å². The predicted octanol–water partition coefficient (Wildman–Crippen LogP) is -1.18. The molecule has 2 aliphatic rings. The number of urea groups is 1. The maximum atomic E-state index is 11.6. The molecule has 2 rings (SSSR count). The van der Waals surface area contributed by atoms with Crippen molar-refractivity contribution in [2.45, 2.75) is 6.42 Å². The van der Waals surface area contributed by atoms with Gasteiger partial charge in [-0.3, -0.25) is 4.79 Å². The Labute approximate surface area is 94.7 Å². The van der Waals surface area contributed by atoms with Gasteiger partial charge in [0.2, 0.25) is 5.91 Å². The van der Waals surface area contributed by atoms with Crippen molar-refractivity contribution in [2.75, 3.05) is 39.3 Å². The first-order valence-electron chi connectivity index (χ1n) is 5.71. The Morgan fingerprint density at radius 3 is 2.62 bits per heavy atom. The van der Waals surface area contributed by atoms with Gasteiger partial charge < -0.3 is 20.9 Å². The summed E-state index contributed by atoms with van der Waals surface area (Å²) in [6.45, 7) is 3.99. The van der Waals surface area contributed by atoms with Crippen LogP contribution in [0.2, 0.25) is 0 Å². The van der Waals surface area contributed by atoms with Gasteiger partial charge in [-0.25, -0.2) is 4.79 Å². The highest BCUT2D eigenvalue weighted by atomic mass is 16.2. The third-order valence-electron chi connectivity index (χ3n) is 3.21. The van der Waals surface area contributed by atoms with Crippen LogP contribution >= 0.6 is 0 Å². The Hall–Kier alpha value is -1.30. The summed E-state index contributed by atoms with van der Waals surface area (Å²) in [6, 6.07) is -0.0259. The van der Waals surface area contributed by atoms with Crippen LogP contribution in [-0.4, -0.2) is 61.0 Å². The zero-order chi connectivity index (χ0) is 11.5. The summed E-state index contributed by atoms with van der Waals surface area (Å²) in [5.74, 6) is 0.454. The molecule has 1 atom stereocenters. The number of nitrogens with zero attached hydrogens (tertiary/aromatic N) is 2. The molecule has 6 nitrogen and oxygen atoms in total. The molecule has 0 spiro atoms. The average Bonchev–Trinajstić information content (AvgIpc) is 2.82. The van der Waals surface area contributed by atoms with E-state index < -0.39 is 0 Å². The number of carbonyl (C=O) groups excluding carboxylic acids is 2. The fraction of sp³-hybridized carbons (Fsp3) is 0.800. The van der Waals surface area contributed by atoms with E-state index >= 15 is 0 Å². The van der Waals surface area contributed by atoms with E-state index in [2.05, 4.69) is 5.32 Å². The summed E-state index contributed by atoms with van der Waals surface area (Å²) in [7, 11) is 0. The third kappa shape index (κ3) is 2.27. The second-order valence-electron chi connectivity index (χ2n) is 4.36. The number of hydrogen-bond acceptors (Lipinski definition) is 3. The second-order valence-corrected chi connectivity index (χ2v) is 4.36. The molecule has 0 aromatic carbocycles. The Kier molecular flexibility index (Phi) is 3.28. The van der Waals surface area contributed by atoms with Gasteiger partial charge in [0.1, 0.15) is 0 Å². The molecule has 0 saturated carbocycles. The van der Waals surface area contributed by atoms with Crippen LogP contribution in [0.15, 0.2) is 0 Å². The largest absolute Gasteiger partial charge is 0.341 e. The molecule has 2 fully saturated rings. The van der Waals surface area contributed by atoms with Crippen LogP contribution < -0.4 is 11.1 Å². The highest BCUT2D eigenvalue weighted by Gasteiger charge is 2.29. The lowest BCUT2D eigenvalue weighted by Gasteiger charge is -2.20. The van der Waals surface area contributed by atoms with E-state index in [9.17, 15) is 9.59 Å². The Morgan fingerprint density at radius 2 is 2.06 bits per heavy atom. The van der Waals surface area contributed by atoms with Gasteiger partial charge in [0.15, 0.2) is 0 Å². The topological polar surface area (TPSA) is 78.7 Å². The maximum Gasteiger partial charge on any atom is 0.317 e. The van der Waals surface area contributed by atoms with Crippen LogP contribution in [0, 0.1) is 5.92 Å². The molecule has 16 heavy (non-hydrogen) atoms. The minimum absolute atomic E-state index is 0.0259. The first-order valence-corrected chi connectivity index (χ1v) is 5.71. The second kappa shape index (κ2) is 4.69. The van der Waals surface area contributed by atoms with E-state index in [0.717, 1.165) is 13.1 Å². The lowest BCUT2D eigenvalue weighted by atomic mass is 10.1. The molecule has 1 unspecified atom stereocenters. The SMILES string of the molecule is NCC1CC(=O)N(CCN2CCNC2=O)C1. The number of likely N-dealkylation sites (tertiary alicyclic amines) is 1. The smallest absolute Gasteiger partial charge is 0.317 e. The van der Waals surface area contributed by atoms with E-state index in [1.165, 1.54) is 0 Å². The minimum Gasteiger partial charge on any atom is -0.341 e. The molecule has 6 heteroatoms. The fourth-order valence-electron chi connectivity index (χ4n) is 2.19. The van der Waals surface area contributed by atoms with Crippen LogP contribution in [0.25, 0.3) is 0 Å². The summed E-state index contributed by atoms with van der Waals surface area (Å²) in [5, 5.41) is 2.74. The molecule has 0 aliphatic carbocycles. The fourth-order valence-corrected chi connectivity index (χ4v) is 2.19. The van der Waals surface area contributed by atoms with Gasteiger partial charge in [0, 0.05) is 39.1 Å². The Morgan fingerprint density at radius 1 is 1.31 bits per heavy atom. The molecular weight excluding hydrogens is 208 g/mol. The summed E-state index contributed by atoms with van der Waals surface area (Å²) < 4.78 is 0. The van der Waals surface area contributed by atoms with Crippen molar-refractivity contribution in [3.63, 3.8) is 0 Å². The standard InChI is InChI=1S/C10H18N4O2/c11-6-8-5-9(15)14(7-8)4-3-13-2-1-12-10(13)16/h8H,1-7,11H2,(H,12,16). The molecule has 3 N–H and O–H groups in total. The summed E-state index contributed by atoms with van der Waals surface area (Å²) in [4.78, 5) is 26.4. The van der Waals surface area contributed by atoms with Crippen molar-refractivity contribution in [3.05, 3.63) is 0 Å². The maximum absolute atomic E-state index is 11.6. The first-order chi connectivity index (χ1) is 7.70. The lowest BCUT2D eigenvalue weighted by Crippen LogP contribution is -2.37. The first kappa shape index (κ1) is 11.2. The van der Waals surface area contributed by atoms with Crippen LogP contribution in [-0.2, 0) is 4.79 Å². The summed E-state index contributed by atoms with van der Waals surface area (Å²) in [5.41, 5.74) is 5.55. The molecule has 2 saturated heterocycles. The van der Waals surface area contributed by atoms with Crippen LogP contribution in [0.1, 0.15) is 6.42 Å². The quantitative estimate of drug-likeness (QED) is 0.633. The van der Waals surface area contributed by atoms with Crippen molar-refractivity contribution < 1.29 is 9.59 Å². The number of hydrogen-bond donors (Lipinski definition) is 2.